The van der Waals surface area contributed by atoms with Crippen LogP contribution in [-0.2, 0) is 9.59 Å². The van der Waals surface area contributed by atoms with Crippen LogP contribution in [0.4, 0.5) is 0 Å². The van der Waals surface area contributed by atoms with Crippen molar-refractivity contribution >= 4 is 23.7 Å². The number of rotatable bonds is 2. The van der Waals surface area contributed by atoms with Crippen molar-refractivity contribution in [3.05, 3.63) is 82.9 Å². The number of hydrogen-bond acceptors (Lipinski definition) is 2. The van der Waals surface area contributed by atoms with E-state index in [0.29, 0.717) is 24.0 Å². The lowest BCUT2D eigenvalue weighted by atomic mass is 10.00. The van der Waals surface area contributed by atoms with Crippen LogP contribution in [0.25, 0.3) is 12.2 Å². The van der Waals surface area contributed by atoms with Gasteiger partial charge in [0, 0.05) is 11.1 Å². The van der Waals surface area contributed by atoms with Crippen LogP contribution in [0.3, 0.4) is 0 Å². The zero-order valence-corrected chi connectivity index (χ0v) is 12.9. The van der Waals surface area contributed by atoms with Gasteiger partial charge >= 0.3 is 0 Å². The SMILES string of the molecule is O=C1C(=O)/C(=C/c2ccccc2)CCC/C1=C/c1ccccc1. The van der Waals surface area contributed by atoms with Gasteiger partial charge in [-0.05, 0) is 42.5 Å². The molecule has 0 heterocycles. The molecule has 0 amide bonds. The lowest BCUT2D eigenvalue weighted by molar-refractivity contribution is -0.131. The fourth-order valence-corrected chi connectivity index (χ4v) is 2.76. The van der Waals surface area contributed by atoms with Gasteiger partial charge < -0.3 is 0 Å². The summed E-state index contributed by atoms with van der Waals surface area (Å²) in [5.74, 6) is -0.734. The Kier molecular flexibility index (Phi) is 4.62. The zero-order chi connectivity index (χ0) is 16.1. The molecule has 1 fully saturated rings. The van der Waals surface area contributed by atoms with Gasteiger partial charge in [-0.1, -0.05) is 60.7 Å². The Balaban J connectivity index is 1.88. The molecule has 114 valence electrons. The van der Waals surface area contributed by atoms with E-state index in [0.717, 1.165) is 17.5 Å². The van der Waals surface area contributed by atoms with Crippen LogP contribution < -0.4 is 0 Å². The van der Waals surface area contributed by atoms with Crippen LogP contribution in [0.15, 0.2) is 71.8 Å². The molecule has 0 bridgehead atoms. The van der Waals surface area contributed by atoms with Gasteiger partial charge in [-0.3, -0.25) is 9.59 Å². The number of benzene rings is 2. The van der Waals surface area contributed by atoms with E-state index in [1.165, 1.54) is 0 Å². The van der Waals surface area contributed by atoms with Crippen molar-refractivity contribution < 1.29 is 9.59 Å². The maximum Gasteiger partial charge on any atom is 0.229 e. The van der Waals surface area contributed by atoms with Crippen molar-refractivity contribution in [3.63, 3.8) is 0 Å². The van der Waals surface area contributed by atoms with Crippen LogP contribution >= 0.6 is 0 Å². The highest BCUT2D eigenvalue weighted by atomic mass is 16.2. The maximum atomic E-state index is 12.5. The van der Waals surface area contributed by atoms with Gasteiger partial charge in [0.25, 0.3) is 0 Å². The second kappa shape index (κ2) is 7.01. The molecule has 1 aliphatic carbocycles. The van der Waals surface area contributed by atoms with Gasteiger partial charge in [-0.25, -0.2) is 0 Å². The smallest absolute Gasteiger partial charge is 0.229 e. The average Bonchev–Trinajstić information content (AvgIpc) is 2.71. The molecule has 2 aromatic rings. The lowest BCUT2D eigenvalue weighted by Gasteiger charge is -2.02. The summed E-state index contributed by atoms with van der Waals surface area (Å²) in [6.07, 6.45) is 5.78. The first kappa shape index (κ1) is 15.2. The minimum absolute atomic E-state index is 0.367. The van der Waals surface area contributed by atoms with Gasteiger partial charge in [0.2, 0.25) is 11.6 Å². The lowest BCUT2D eigenvalue weighted by Crippen LogP contribution is -2.15. The van der Waals surface area contributed by atoms with Gasteiger partial charge in [-0.2, -0.15) is 0 Å². The maximum absolute atomic E-state index is 12.5. The summed E-state index contributed by atoms with van der Waals surface area (Å²) in [7, 11) is 0. The topological polar surface area (TPSA) is 34.1 Å². The molecule has 0 spiro atoms. The minimum atomic E-state index is -0.367. The standard InChI is InChI=1S/C21H18O2/c22-20-18(14-16-8-3-1-4-9-16)12-7-13-19(21(20)23)15-17-10-5-2-6-11-17/h1-6,8-11,14-15H,7,12-13H2/b18-14-,19-15+. The molecule has 2 heteroatoms. The van der Waals surface area contributed by atoms with Crippen molar-refractivity contribution in [1.82, 2.24) is 0 Å². The monoisotopic (exact) mass is 302 g/mol. The first-order valence-corrected chi connectivity index (χ1v) is 7.84. The molecule has 23 heavy (non-hydrogen) atoms. The third-order valence-corrected chi connectivity index (χ3v) is 3.96. The summed E-state index contributed by atoms with van der Waals surface area (Å²) < 4.78 is 0. The number of allylic oxidation sites excluding steroid dienone is 2. The van der Waals surface area contributed by atoms with Crippen molar-refractivity contribution in [3.8, 4) is 0 Å². The summed E-state index contributed by atoms with van der Waals surface area (Å²) in [4.78, 5) is 25.0. The summed E-state index contributed by atoms with van der Waals surface area (Å²) in [6, 6.07) is 19.3. The normalized spacial score (nSPS) is 19.1. The molecule has 0 radical (unpaired) electrons. The first-order chi connectivity index (χ1) is 11.2. The number of carbonyl (C=O) groups excluding carboxylic acids is 2. The van der Waals surface area contributed by atoms with Gasteiger partial charge in [0.1, 0.15) is 0 Å². The highest BCUT2D eigenvalue weighted by Crippen LogP contribution is 2.24. The highest BCUT2D eigenvalue weighted by molar-refractivity contribution is 6.50. The van der Waals surface area contributed by atoms with Crippen LogP contribution in [0.2, 0.25) is 0 Å². The molecule has 2 aromatic carbocycles. The molecule has 3 rings (SSSR count). The Morgan fingerprint density at radius 3 is 1.39 bits per heavy atom. The van der Waals surface area contributed by atoms with Crippen LogP contribution in [0, 0.1) is 0 Å². The summed E-state index contributed by atoms with van der Waals surface area (Å²) in [5.41, 5.74) is 3.13. The molecule has 0 unspecified atom stereocenters. The largest absolute Gasteiger partial charge is 0.285 e. The van der Waals surface area contributed by atoms with Crippen molar-refractivity contribution in [1.29, 1.82) is 0 Å². The Morgan fingerprint density at radius 2 is 1.00 bits per heavy atom. The second-order valence-corrected chi connectivity index (χ2v) is 5.67. The predicted molar refractivity (Wildman–Crippen MR) is 92.7 cm³/mol. The summed E-state index contributed by atoms with van der Waals surface area (Å²) in [5, 5.41) is 0. The molecular formula is C21H18O2. The second-order valence-electron chi connectivity index (χ2n) is 5.67. The third-order valence-electron chi connectivity index (χ3n) is 3.96. The molecule has 2 nitrogen and oxygen atoms in total. The number of hydrogen-bond donors (Lipinski definition) is 0. The quantitative estimate of drug-likeness (QED) is 0.466. The van der Waals surface area contributed by atoms with Crippen molar-refractivity contribution in [2.24, 2.45) is 0 Å². The van der Waals surface area contributed by atoms with E-state index in [9.17, 15) is 9.59 Å². The van der Waals surface area contributed by atoms with Crippen molar-refractivity contribution in [2.75, 3.05) is 0 Å². The van der Waals surface area contributed by atoms with E-state index < -0.39 is 0 Å². The molecule has 0 aromatic heterocycles. The third kappa shape index (κ3) is 3.72. The minimum Gasteiger partial charge on any atom is -0.285 e. The fraction of sp³-hybridized carbons (Fsp3) is 0.143. The highest BCUT2D eigenvalue weighted by Gasteiger charge is 2.25. The Morgan fingerprint density at radius 1 is 0.609 bits per heavy atom. The molecule has 1 aliphatic rings. The van der Waals surface area contributed by atoms with Crippen LogP contribution in [0.5, 0.6) is 0 Å². The number of carbonyl (C=O) groups is 2. The molecule has 0 N–H and O–H groups in total. The molecular weight excluding hydrogens is 284 g/mol. The predicted octanol–water partition coefficient (Wildman–Crippen LogP) is 4.48. The van der Waals surface area contributed by atoms with E-state index in [1.54, 1.807) is 0 Å². The van der Waals surface area contributed by atoms with E-state index in [4.69, 9.17) is 0 Å². The summed E-state index contributed by atoms with van der Waals surface area (Å²) >= 11 is 0. The van der Waals surface area contributed by atoms with E-state index in [2.05, 4.69) is 0 Å². The number of ketones is 2. The zero-order valence-electron chi connectivity index (χ0n) is 12.9. The Hall–Kier alpha value is -2.74. The van der Waals surface area contributed by atoms with Crippen LogP contribution in [0.1, 0.15) is 30.4 Å². The van der Waals surface area contributed by atoms with Gasteiger partial charge in [0.05, 0.1) is 0 Å². The van der Waals surface area contributed by atoms with E-state index in [-0.39, 0.29) is 11.6 Å². The molecule has 0 saturated heterocycles. The Labute approximate surface area is 136 Å². The van der Waals surface area contributed by atoms with Crippen LogP contribution in [-0.4, -0.2) is 11.6 Å². The molecule has 0 atom stereocenters. The molecule has 0 aliphatic heterocycles. The average molecular weight is 302 g/mol. The van der Waals surface area contributed by atoms with Gasteiger partial charge in [-0.15, -0.1) is 0 Å². The van der Waals surface area contributed by atoms with Crippen molar-refractivity contribution in [2.45, 2.75) is 19.3 Å². The molecule has 1 saturated carbocycles. The van der Waals surface area contributed by atoms with E-state index in [1.807, 2.05) is 72.8 Å². The van der Waals surface area contributed by atoms with E-state index >= 15 is 0 Å². The van der Waals surface area contributed by atoms with Gasteiger partial charge in [0.15, 0.2) is 0 Å². The summed E-state index contributed by atoms with van der Waals surface area (Å²) in [6.45, 7) is 0. The first-order valence-electron chi connectivity index (χ1n) is 7.84. The fourth-order valence-electron chi connectivity index (χ4n) is 2.76. The number of Topliss-reactive ketones (excluding diaryl/α,β-unsaturated/α-hetero) is 2. The Bertz CT molecular complexity index is 701.